The van der Waals surface area contributed by atoms with Crippen molar-refractivity contribution >= 4 is 24.7 Å². The first-order valence-corrected chi connectivity index (χ1v) is 7.03. The predicted molar refractivity (Wildman–Crippen MR) is 91.3 cm³/mol. The minimum Gasteiger partial charge on any atom is -0.497 e. The molecule has 0 saturated heterocycles. The van der Waals surface area contributed by atoms with Crippen molar-refractivity contribution < 1.29 is 24.3 Å². The van der Waals surface area contributed by atoms with Crippen LogP contribution in [0.4, 0.5) is 0 Å². The average molecular weight is 314 g/mol. The molecule has 0 spiro atoms. The lowest BCUT2D eigenvalue weighted by Gasteiger charge is -2.10. The summed E-state index contributed by atoms with van der Waals surface area (Å²) in [6.45, 7) is 0. The Balaban J connectivity index is 2.36. The summed E-state index contributed by atoms with van der Waals surface area (Å²) in [7, 11) is 3.06. The van der Waals surface area contributed by atoms with Gasteiger partial charge in [-0.25, -0.2) is 0 Å². The van der Waals surface area contributed by atoms with Gasteiger partial charge in [0.1, 0.15) is 5.75 Å². The first-order valence-electron chi connectivity index (χ1n) is 7.03. The molecule has 2 N–H and O–H groups in total. The van der Waals surface area contributed by atoms with Crippen molar-refractivity contribution in [1.82, 2.24) is 0 Å². The summed E-state index contributed by atoms with van der Waals surface area (Å²) in [5.74, 6) is 1.72. The molecule has 0 radical (unpaired) electrons. The van der Waals surface area contributed by atoms with E-state index in [1.54, 1.807) is 26.4 Å². The number of hydrogen-bond donors (Lipinski definition) is 2. The highest BCUT2D eigenvalue weighted by atomic mass is 16.5. The lowest BCUT2D eigenvalue weighted by atomic mass is 9.78. The maximum atomic E-state index is 9.41. The Bertz CT molecular complexity index is 697. The summed E-state index contributed by atoms with van der Waals surface area (Å²) in [6, 6.07) is 10.8. The molecule has 0 atom stereocenters. The Morgan fingerprint density at radius 3 is 2.22 bits per heavy atom. The van der Waals surface area contributed by atoms with E-state index in [9.17, 15) is 10.0 Å². The first-order chi connectivity index (χ1) is 11.1. The van der Waals surface area contributed by atoms with E-state index in [4.69, 9.17) is 14.2 Å². The molecule has 0 bridgehead atoms. The zero-order valence-corrected chi connectivity index (χ0v) is 13.3. The third kappa shape index (κ3) is 3.86. The standard InChI is InChI=1S/C17H19BO5/c1-21-15-10-8-12(11-14(15)18(19)20)7-9-13-5-4-6-16(22-2)17(13)23-3/h4-11,19-20H,1-3H3/b9-7+. The van der Waals surface area contributed by atoms with Gasteiger partial charge in [0.05, 0.1) is 21.3 Å². The second-order valence-electron chi connectivity index (χ2n) is 4.79. The van der Waals surface area contributed by atoms with Crippen molar-refractivity contribution in [3.63, 3.8) is 0 Å². The van der Waals surface area contributed by atoms with E-state index < -0.39 is 7.12 Å². The van der Waals surface area contributed by atoms with Crippen molar-refractivity contribution in [2.24, 2.45) is 0 Å². The maximum absolute atomic E-state index is 9.41. The van der Waals surface area contributed by atoms with Crippen molar-refractivity contribution in [3.8, 4) is 17.2 Å². The summed E-state index contributed by atoms with van der Waals surface area (Å²) >= 11 is 0. The molecule has 6 heteroatoms. The van der Waals surface area contributed by atoms with E-state index in [-0.39, 0.29) is 0 Å². The fourth-order valence-corrected chi connectivity index (χ4v) is 2.29. The monoisotopic (exact) mass is 314 g/mol. The zero-order valence-electron chi connectivity index (χ0n) is 13.3. The van der Waals surface area contributed by atoms with Gasteiger partial charge in [-0.1, -0.05) is 36.4 Å². The molecule has 0 aromatic heterocycles. The predicted octanol–water partition coefficient (Wildman–Crippen LogP) is 1.56. The topological polar surface area (TPSA) is 68.2 Å². The molecule has 0 unspecified atom stereocenters. The van der Waals surface area contributed by atoms with Gasteiger partial charge in [0.2, 0.25) is 0 Å². The molecule has 2 aromatic carbocycles. The molecule has 0 amide bonds. The first kappa shape index (κ1) is 16.9. The third-order valence-electron chi connectivity index (χ3n) is 3.42. The SMILES string of the molecule is COc1ccc(/C=C/c2cccc(OC)c2OC)cc1B(O)O. The number of hydrogen-bond acceptors (Lipinski definition) is 5. The quantitative estimate of drug-likeness (QED) is 0.626. The van der Waals surface area contributed by atoms with E-state index in [1.807, 2.05) is 36.4 Å². The second kappa shape index (κ2) is 7.71. The van der Waals surface area contributed by atoms with Gasteiger partial charge in [-0.2, -0.15) is 0 Å². The summed E-state index contributed by atoms with van der Waals surface area (Å²) in [4.78, 5) is 0. The van der Waals surface area contributed by atoms with E-state index in [1.165, 1.54) is 7.11 Å². The highest BCUT2D eigenvalue weighted by molar-refractivity contribution is 6.59. The number of benzene rings is 2. The van der Waals surface area contributed by atoms with Gasteiger partial charge in [-0.05, 0) is 17.7 Å². The van der Waals surface area contributed by atoms with Crippen LogP contribution in [-0.4, -0.2) is 38.5 Å². The lowest BCUT2D eigenvalue weighted by Crippen LogP contribution is -2.31. The van der Waals surface area contributed by atoms with Crippen LogP contribution in [0.25, 0.3) is 12.2 Å². The van der Waals surface area contributed by atoms with Crippen molar-refractivity contribution in [2.45, 2.75) is 0 Å². The maximum Gasteiger partial charge on any atom is 0.492 e. The Morgan fingerprint density at radius 1 is 0.870 bits per heavy atom. The van der Waals surface area contributed by atoms with Crippen LogP contribution in [0.3, 0.4) is 0 Å². The van der Waals surface area contributed by atoms with Crippen LogP contribution >= 0.6 is 0 Å². The van der Waals surface area contributed by atoms with Gasteiger partial charge < -0.3 is 24.3 Å². The molecule has 5 nitrogen and oxygen atoms in total. The molecule has 0 fully saturated rings. The molecular formula is C17H19BO5. The molecule has 2 aromatic rings. The second-order valence-corrected chi connectivity index (χ2v) is 4.79. The van der Waals surface area contributed by atoms with E-state index in [0.29, 0.717) is 22.7 Å². The Labute approximate surface area is 135 Å². The molecule has 0 heterocycles. The fourth-order valence-electron chi connectivity index (χ4n) is 2.29. The van der Waals surface area contributed by atoms with Crippen molar-refractivity contribution in [3.05, 3.63) is 47.5 Å². The highest BCUT2D eigenvalue weighted by Crippen LogP contribution is 2.31. The number of rotatable bonds is 6. The molecular weight excluding hydrogens is 295 g/mol. The van der Waals surface area contributed by atoms with Crippen LogP contribution in [0.1, 0.15) is 11.1 Å². The largest absolute Gasteiger partial charge is 0.497 e. The summed E-state index contributed by atoms with van der Waals surface area (Å²) in [5, 5.41) is 18.8. The normalized spacial score (nSPS) is 10.7. The van der Waals surface area contributed by atoms with Crippen LogP contribution in [0, 0.1) is 0 Å². The van der Waals surface area contributed by atoms with Crippen LogP contribution in [0.5, 0.6) is 17.2 Å². The molecule has 0 saturated carbocycles. The molecule has 0 aliphatic heterocycles. The van der Waals surface area contributed by atoms with Crippen LogP contribution < -0.4 is 19.7 Å². The van der Waals surface area contributed by atoms with Crippen molar-refractivity contribution in [1.29, 1.82) is 0 Å². The lowest BCUT2D eigenvalue weighted by molar-refractivity contribution is 0.354. The van der Waals surface area contributed by atoms with Gasteiger partial charge in [0.15, 0.2) is 11.5 Å². The molecule has 120 valence electrons. The van der Waals surface area contributed by atoms with Crippen LogP contribution in [-0.2, 0) is 0 Å². The van der Waals surface area contributed by atoms with E-state index in [0.717, 1.165) is 11.1 Å². The van der Waals surface area contributed by atoms with E-state index >= 15 is 0 Å². The Morgan fingerprint density at radius 2 is 1.61 bits per heavy atom. The highest BCUT2D eigenvalue weighted by Gasteiger charge is 2.16. The minimum absolute atomic E-state index is 0.312. The molecule has 0 aliphatic rings. The summed E-state index contributed by atoms with van der Waals surface area (Å²) in [5.41, 5.74) is 1.97. The molecule has 0 aliphatic carbocycles. The number of para-hydroxylation sites is 1. The van der Waals surface area contributed by atoms with Gasteiger partial charge >= 0.3 is 7.12 Å². The van der Waals surface area contributed by atoms with E-state index in [2.05, 4.69) is 0 Å². The molecule has 23 heavy (non-hydrogen) atoms. The molecule has 2 rings (SSSR count). The Hall–Kier alpha value is -2.44. The third-order valence-corrected chi connectivity index (χ3v) is 3.42. The van der Waals surface area contributed by atoms with Crippen LogP contribution in [0.2, 0.25) is 0 Å². The average Bonchev–Trinajstić information content (AvgIpc) is 2.58. The van der Waals surface area contributed by atoms with Gasteiger partial charge in [-0.15, -0.1) is 0 Å². The minimum atomic E-state index is -1.59. The van der Waals surface area contributed by atoms with Gasteiger partial charge in [-0.3, -0.25) is 0 Å². The van der Waals surface area contributed by atoms with Crippen LogP contribution in [0.15, 0.2) is 36.4 Å². The van der Waals surface area contributed by atoms with Gasteiger partial charge in [0.25, 0.3) is 0 Å². The number of ether oxygens (including phenoxy) is 3. The summed E-state index contributed by atoms with van der Waals surface area (Å²) in [6.07, 6.45) is 3.72. The zero-order chi connectivity index (χ0) is 16.8. The van der Waals surface area contributed by atoms with Gasteiger partial charge in [0, 0.05) is 11.0 Å². The number of methoxy groups -OCH3 is 3. The fraction of sp³-hybridized carbons (Fsp3) is 0.176. The van der Waals surface area contributed by atoms with Crippen molar-refractivity contribution in [2.75, 3.05) is 21.3 Å². The summed E-state index contributed by atoms with van der Waals surface area (Å²) < 4.78 is 15.8. The smallest absolute Gasteiger partial charge is 0.492 e. The Kier molecular flexibility index (Phi) is 5.68.